The van der Waals surface area contributed by atoms with Crippen molar-refractivity contribution in [2.45, 2.75) is 18.5 Å². The van der Waals surface area contributed by atoms with Gasteiger partial charge in [-0.1, -0.05) is 11.6 Å². The Hall–Kier alpha value is -3.43. The standard InChI is InChI=1S/C17H11ClF3N5O4/c18-12-5-11(3-4-13(12)26(28)29)25-8-14(30-16(25)17(19,20)21)15(27)24-10-2-1-9(6-22)23-7-10/h1-5,7,14,16H,8H2,(H,24,27). The van der Waals surface area contributed by atoms with E-state index in [4.69, 9.17) is 21.6 Å². The number of rotatable bonds is 4. The highest BCUT2D eigenvalue weighted by Gasteiger charge is 2.52. The van der Waals surface area contributed by atoms with E-state index in [0.29, 0.717) is 0 Å². The number of ether oxygens (including phenoxy) is 1. The third-order valence-electron chi connectivity index (χ3n) is 4.12. The minimum Gasteiger partial charge on any atom is -0.335 e. The van der Waals surface area contributed by atoms with Crippen LogP contribution in [0.5, 0.6) is 0 Å². The molecule has 2 heterocycles. The molecule has 2 aromatic rings. The fraction of sp³-hybridized carbons (Fsp3) is 0.235. The number of alkyl halides is 3. The van der Waals surface area contributed by atoms with Crippen LogP contribution < -0.4 is 10.2 Å². The lowest BCUT2D eigenvalue weighted by atomic mass is 10.2. The quantitative estimate of drug-likeness (QED) is 0.571. The van der Waals surface area contributed by atoms with Crippen LogP contribution in [0.3, 0.4) is 0 Å². The van der Waals surface area contributed by atoms with Crippen LogP contribution in [0.4, 0.5) is 30.2 Å². The predicted molar refractivity (Wildman–Crippen MR) is 97.8 cm³/mol. The molecule has 9 nitrogen and oxygen atoms in total. The number of carbonyl (C=O) groups excluding carboxylic acids is 1. The lowest BCUT2D eigenvalue weighted by Gasteiger charge is -2.26. The van der Waals surface area contributed by atoms with E-state index in [1.807, 2.05) is 0 Å². The first-order valence-electron chi connectivity index (χ1n) is 8.20. The topological polar surface area (TPSA) is 121 Å². The fourth-order valence-electron chi connectivity index (χ4n) is 2.77. The number of carbonyl (C=O) groups is 1. The summed E-state index contributed by atoms with van der Waals surface area (Å²) in [5.41, 5.74) is -0.290. The van der Waals surface area contributed by atoms with Gasteiger partial charge in [-0.15, -0.1) is 0 Å². The van der Waals surface area contributed by atoms with E-state index < -0.39 is 41.6 Å². The van der Waals surface area contributed by atoms with Gasteiger partial charge in [-0.2, -0.15) is 18.4 Å². The summed E-state index contributed by atoms with van der Waals surface area (Å²) in [4.78, 5) is 27.0. The highest BCUT2D eigenvalue weighted by atomic mass is 35.5. The molecule has 1 aromatic carbocycles. The van der Waals surface area contributed by atoms with Crippen LogP contribution in [0.1, 0.15) is 5.69 Å². The number of nitrogens with zero attached hydrogens (tertiary/aromatic N) is 4. The number of nitrogens with one attached hydrogen (secondary N) is 1. The number of hydrogen-bond donors (Lipinski definition) is 1. The van der Waals surface area contributed by atoms with Crippen LogP contribution in [0.15, 0.2) is 36.5 Å². The summed E-state index contributed by atoms with van der Waals surface area (Å²) in [5.74, 6) is -0.855. The molecule has 1 fully saturated rings. The van der Waals surface area contributed by atoms with Crippen molar-refractivity contribution < 1.29 is 27.6 Å². The smallest absolute Gasteiger partial charge is 0.335 e. The van der Waals surface area contributed by atoms with Gasteiger partial charge in [0.25, 0.3) is 11.6 Å². The Kier molecular flexibility index (Phi) is 5.77. The molecule has 1 aliphatic heterocycles. The van der Waals surface area contributed by atoms with Gasteiger partial charge in [-0.3, -0.25) is 14.9 Å². The van der Waals surface area contributed by atoms with Crippen molar-refractivity contribution in [1.82, 2.24) is 4.98 Å². The molecule has 30 heavy (non-hydrogen) atoms. The zero-order chi connectivity index (χ0) is 22.1. The number of halogens is 4. The van der Waals surface area contributed by atoms with Gasteiger partial charge in [0.2, 0.25) is 6.23 Å². The van der Waals surface area contributed by atoms with E-state index in [9.17, 15) is 28.1 Å². The monoisotopic (exact) mass is 441 g/mol. The number of hydrogen-bond acceptors (Lipinski definition) is 7. The van der Waals surface area contributed by atoms with E-state index in [0.717, 1.165) is 23.1 Å². The second kappa shape index (κ2) is 8.13. The first-order valence-corrected chi connectivity index (χ1v) is 8.57. The SMILES string of the molecule is N#Cc1ccc(NC(=O)C2CN(c3ccc([N+](=O)[O-])c(Cl)c3)C(C(F)(F)F)O2)cn1. The number of anilines is 2. The van der Waals surface area contributed by atoms with E-state index in [-0.39, 0.29) is 22.1 Å². The van der Waals surface area contributed by atoms with Crippen LogP contribution in [0.25, 0.3) is 0 Å². The Morgan fingerprint density at radius 1 is 1.40 bits per heavy atom. The molecule has 0 spiro atoms. The lowest BCUT2D eigenvalue weighted by Crippen LogP contribution is -2.42. The maximum atomic E-state index is 13.5. The number of nitriles is 1. The molecule has 1 amide bonds. The zero-order valence-corrected chi connectivity index (χ0v) is 15.5. The molecule has 2 atom stereocenters. The van der Waals surface area contributed by atoms with Crippen molar-refractivity contribution in [1.29, 1.82) is 5.26 Å². The maximum Gasteiger partial charge on any atom is 0.433 e. The number of amides is 1. The van der Waals surface area contributed by atoms with Crippen molar-refractivity contribution in [3.8, 4) is 6.07 Å². The molecule has 2 unspecified atom stereocenters. The van der Waals surface area contributed by atoms with Crippen molar-refractivity contribution in [3.63, 3.8) is 0 Å². The molecule has 156 valence electrons. The van der Waals surface area contributed by atoms with E-state index in [2.05, 4.69) is 10.3 Å². The molecule has 1 aliphatic rings. The second-order valence-corrected chi connectivity index (χ2v) is 6.50. The van der Waals surface area contributed by atoms with Gasteiger partial charge in [-0.05, 0) is 24.3 Å². The summed E-state index contributed by atoms with van der Waals surface area (Å²) in [6.45, 7) is -0.478. The molecule has 1 saturated heterocycles. The Morgan fingerprint density at radius 3 is 2.67 bits per heavy atom. The number of nitro benzene ring substituents is 1. The number of aromatic nitrogens is 1. The maximum absolute atomic E-state index is 13.5. The highest BCUT2D eigenvalue weighted by molar-refractivity contribution is 6.32. The van der Waals surface area contributed by atoms with Crippen molar-refractivity contribution >= 4 is 34.6 Å². The second-order valence-electron chi connectivity index (χ2n) is 6.10. The lowest BCUT2D eigenvalue weighted by molar-refractivity contribution is -0.384. The Balaban J connectivity index is 1.82. The van der Waals surface area contributed by atoms with Gasteiger partial charge in [-0.25, -0.2) is 4.98 Å². The van der Waals surface area contributed by atoms with Gasteiger partial charge in [0.05, 0.1) is 23.4 Å². The molecule has 1 aromatic heterocycles. The van der Waals surface area contributed by atoms with Crippen LogP contribution in [0.2, 0.25) is 5.02 Å². The zero-order valence-electron chi connectivity index (χ0n) is 14.8. The number of nitro groups is 1. The molecular formula is C17H11ClF3N5O4. The molecule has 0 radical (unpaired) electrons. The van der Waals surface area contributed by atoms with Crippen LogP contribution in [0, 0.1) is 21.4 Å². The largest absolute Gasteiger partial charge is 0.433 e. The summed E-state index contributed by atoms with van der Waals surface area (Å²) in [7, 11) is 0. The summed E-state index contributed by atoms with van der Waals surface area (Å²) < 4.78 is 45.3. The molecule has 1 N–H and O–H groups in total. The predicted octanol–water partition coefficient (Wildman–Crippen LogP) is 3.25. The first-order chi connectivity index (χ1) is 14.1. The minimum atomic E-state index is -4.85. The molecule has 0 bridgehead atoms. The Bertz CT molecular complexity index is 1030. The van der Waals surface area contributed by atoms with Crippen molar-refractivity contribution in [3.05, 3.63) is 57.4 Å². The van der Waals surface area contributed by atoms with E-state index >= 15 is 0 Å². The summed E-state index contributed by atoms with van der Waals surface area (Å²) in [5, 5.41) is 21.6. The number of benzene rings is 1. The van der Waals surface area contributed by atoms with E-state index in [1.54, 1.807) is 6.07 Å². The van der Waals surface area contributed by atoms with Gasteiger partial charge in [0.15, 0.2) is 6.10 Å². The summed E-state index contributed by atoms with van der Waals surface area (Å²) in [6, 6.07) is 7.56. The summed E-state index contributed by atoms with van der Waals surface area (Å²) in [6.07, 6.45) is -7.62. The first kappa shape index (κ1) is 21.3. The molecule has 3 rings (SSSR count). The minimum absolute atomic E-state index is 0.0942. The van der Waals surface area contributed by atoms with Gasteiger partial charge in [0.1, 0.15) is 16.8 Å². The molecule has 0 saturated carbocycles. The number of pyridine rings is 1. The highest BCUT2D eigenvalue weighted by Crippen LogP contribution is 2.37. The third-order valence-corrected chi connectivity index (χ3v) is 4.42. The Labute approximate surface area is 171 Å². The Morgan fingerprint density at radius 2 is 2.13 bits per heavy atom. The van der Waals surface area contributed by atoms with Crippen LogP contribution >= 0.6 is 11.6 Å². The van der Waals surface area contributed by atoms with Crippen molar-refractivity contribution in [2.24, 2.45) is 0 Å². The van der Waals surface area contributed by atoms with Gasteiger partial charge >= 0.3 is 6.18 Å². The van der Waals surface area contributed by atoms with Crippen LogP contribution in [-0.4, -0.2) is 40.9 Å². The molecular weight excluding hydrogens is 431 g/mol. The van der Waals surface area contributed by atoms with Crippen LogP contribution in [-0.2, 0) is 9.53 Å². The average Bonchev–Trinajstić information content (AvgIpc) is 3.14. The average molecular weight is 442 g/mol. The molecule has 13 heteroatoms. The van der Waals surface area contributed by atoms with E-state index in [1.165, 1.54) is 18.3 Å². The molecule has 0 aliphatic carbocycles. The van der Waals surface area contributed by atoms with Crippen molar-refractivity contribution in [2.75, 3.05) is 16.8 Å². The van der Waals surface area contributed by atoms with Gasteiger partial charge < -0.3 is 15.0 Å². The van der Waals surface area contributed by atoms with Gasteiger partial charge in [0, 0.05) is 11.8 Å². The fourth-order valence-corrected chi connectivity index (χ4v) is 3.01. The summed E-state index contributed by atoms with van der Waals surface area (Å²) >= 11 is 5.80. The normalized spacial score (nSPS) is 18.7. The third kappa shape index (κ3) is 4.42.